The van der Waals surface area contributed by atoms with Crippen molar-refractivity contribution in [1.82, 2.24) is 10.2 Å². The third kappa shape index (κ3) is 3.81. The van der Waals surface area contributed by atoms with Crippen LogP contribution in [0, 0.1) is 13.8 Å². The van der Waals surface area contributed by atoms with Crippen LogP contribution >= 0.6 is 0 Å². The van der Waals surface area contributed by atoms with Gasteiger partial charge in [0.1, 0.15) is 0 Å². The lowest BCUT2D eigenvalue weighted by molar-refractivity contribution is 0.0386. The fourth-order valence-corrected chi connectivity index (χ4v) is 3.15. The Labute approximate surface area is 123 Å². The fraction of sp³-hybridized carbons (Fsp3) is 0.647. The normalized spacial score (nSPS) is 19.2. The molecule has 1 aromatic rings. The zero-order valence-electron chi connectivity index (χ0n) is 13.3. The molecule has 2 rings (SSSR count). The second-order valence-corrected chi connectivity index (χ2v) is 5.94. The molecule has 0 aliphatic carbocycles. The van der Waals surface area contributed by atoms with Crippen molar-refractivity contribution >= 4 is 0 Å². The van der Waals surface area contributed by atoms with Crippen LogP contribution in [0.2, 0.25) is 0 Å². The summed E-state index contributed by atoms with van der Waals surface area (Å²) in [5, 5.41) is 3.48. The average molecular weight is 276 g/mol. The maximum Gasteiger partial charge on any atom is 0.0595 e. The van der Waals surface area contributed by atoms with Crippen molar-refractivity contribution in [3.05, 3.63) is 34.9 Å². The van der Waals surface area contributed by atoms with Crippen LogP contribution in [-0.2, 0) is 4.74 Å². The van der Waals surface area contributed by atoms with Crippen molar-refractivity contribution in [2.75, 3.05) is 33.8 Å². The van der Waals surface area contributed by atoms with Crippen LogP contribution in [0.1, 0.15) is 35.6 Å². The van der Waals surface area contributed by atoms with Gasteiger partial charge in [-0.25, -0.2) is 0 Å². The number of nitrogens with zero attached hydrogens (tertiary/aromatic N) is 1. The molecule has 1 fully saturated rings. The fourth-order valence-electron chi connectivity index (χ4n) is 3.15. The molecule has 1 saturated heterocycles. The number of benzene rings is 1. The van der Waals surface area contributed by atoms with Gasteiger partial charge in [0.15, 0.2) is 0 Å². The highest BCUT2D eigenvalue weighted by Gasteiger charge is 2.22. The first-order valence-electron chi connectivity index (χ1n) is 7.63. The van der Waals surface area contributed by atoms with E-state index in [0.717, 1.165) is 32.5 Å². The second-order valence-electron chi connectivity index (χ2n) is 5.94. The summed E-state index contributed by atoms with van der Waals surface area (Å²) in [5.74, 6) is 0. The van der Waals surface area contributed by atoms with E-state index in [1.54, 1.807) is 0 Å². The van der Waals surface area contributed by atoms with Crippen LogP contribution < -0.4 is 5.32 Å². The van der Waals surface area contributed by atoms with Gasteiger partial charge in [0, 0.05) is 32.8 Å². The molecule has 1 N–H and O–H groups in total. The minimum Gasteiger partial charge on any atom is -0.381 e. The van der Waals surface area contributed by atoms with Crippen LogP contribution in [0.5, 0.6) is 0 Å². The number of hydrogen-bond acceptors (Lipinski definition) is 3. The molecule has 112 valence electrons. The molecule has 1 aromatic carbocycles. The summed E-state index contributed by atoms with van der Waals surface area (Å²) >= 11 is 0. The van der Waals surface area contributed by atoms with E-state index in [1.807, 2.05) is 7.11 Å². The van der Waals surface area contributed by atoms with E-state index < -0.39 is 0 Å². The number of ether oxygens (including phenoxy) is 1. The SMILES string of the molecule is CNC(CN1CCC(OC)CC1)c1ccc(C)cc1C. The molecule has 0 amide bonds. The number of hydrogen-bond donors (Lipinski definition) is 1. The number of likely N-dealkylation sites (tertiary alicyclic amines) is 1. The summed E-state index contributed by atoms with van der Waals surface area (Å²) in [7, 11) is 3.89. The van der Waals surface area contributed by atoms with Gasteiger partial charge < -0.3 is 15.0 Å². The first-order chi connectivity index (χ1) is 9.63. The van der Waals surface area contributed by atoms with Crippen molar-refractivity contribution in [2.45, 2.75) is 38.8 Å². The lowest BCUT2D eigenvalue weighted by atomic mass is 9.98. The number of rotatable bonds is 5. The maximum absolute atomic E-state index is 5.45. The van der Waals surface area contributed by atoms with Gasteiger partial charge >= 0.3 is 0 Å². The van der Waals surface area contributed by atoms with Crippen molar-refractivity contribution < 1.29 is 4.74 Å². The van der Waals surface area contributed by atoms with Gasteiger partial charge in [-0.1, -0.05) is 23.8 Å². The Kier molecular flexibility index (Phi) is 5.58. The van der Waals surface area contributed by atoms with Gasteiger partial charge in [0.2, 0.25) is 0 Å². The molecule has 20 heavy (non-hydrogen) atoms. The average Bonchev–Trinajstić information content (AvgIpc) is 2.46. The number of methoxy groups -OCH3 is 1. The number of likely N-dealkylation sites (N-methyl/N-ethyl adjacent to an activating group) is 1. The predicted molar refractivity (Wildman–Crippen MR) is 84.2 cm³/mol. The molecule has 1 aliphatic rings. The lowest BCUT2D eigenvalue weighted by Crippen LogP contribution is -2.41. The predicted octanol–water partition coefficient (Wildman–Crippen LogP) is 2.67. The summed E-state index contributed by atoms with van der Waals surface area (Å²) < 4.78 is 5.45. The molecule has 0 saturated carbocycles. The molecular weight excluding hydrogens is 248 g/mol. The van der Waals surface area contributed by atoms with Crippen LogP contribution in [0.4, 0.5) is 0 Å². The summed E-state index contributed by atoms with van der Waals surface area (Å²) in [6.07, 6.45) is 2.76. The summed E-state index contributed by atoms with van der Waals surface area (Å²) in [5.41, 5.74) is 4.14. The quantitative estimate of drug-likeness (QED) is 0.895. The molecule has 1 heterocycles. The largest absolute Gasteiger partial charge is 0.381 e. The first kappa shape index (κ1) is 15.5. The summed E-state index contributed by atoms with van der Waals surface area (Å²) in [6, 6.07) is 7.17. The number of piperidine rings is 1. The zero-order valence-corrected chi connectivity index (χ0v) is 13.3. The molecule has 3 heteroatoms. The van der Waals surface area contributed by atoms with Gasteiger partial charge in [-0.15, -0.1) is 0 Å². The van der Waals surface area contributed by atoms with Gasteiger partial charge in [-0.05, 0) is 44.9 Å². The third-order valence-electron chi connectivity index (χ3n) is 4.46. The van der Waals surface area contributed by atoms with Crippen molar-refractivity contribution in [3.8, 4) is 0 Å². The summed E-state index contributed by atoms with van der Waals surface area (Å²) in [6.45, 7) is 7.73. The summed E-state index contributed by atoms with van der Waals surface area (Å²) in [4.78, 5) is 2.55. The van der Waals surface area contributed by atoms with Crippen molar-refractivity contribution in [1.29, 1.82) is 0 Å². The Balaban J connectivity index is 1.99. The monoisotopic (exact) mass is 276 g/mol. The van der Waals surface area contributed by atoms with Gasteiger partial charge in [-0.2, -0.15) is 0 Å². The first-order valence-corrected chi connectivity index (χ1v) is 7.63. The minimum atomic E-state index is 0.412. The van der Waals surface area contributed by atoms with Crippen molar-refractivity contribution in [3.63, 3.8) is 0 Å². The zero-order chi connectivity index (χ0) is 14.5. The Morgan fingerprint density at radius 1 is 1.30 bits per heavy atom. The van der Waals surface area contributed by atoms with E-state index in [9.17, 15) is 0 Å². The van der Waals surface area contributed by atoms with Gasteiger partial charge in [0.25, 0.3) is 0 Å². The molecule has 3 nitrogen and oxygen atoms in total. The number of nitrogens with one attached hydrogen (secondary N) is 1. The number of aryl methyl sites for hydroxylation is 2. The Hall–Kier alpha value is -0.900. The van der Waals surface area contributed by atoms with E-state index in [0.29, 0.717) is 12.1 Å². The van der Waals surface area contributed by atoms with Gasteiger partial charge in [-0.3, -0.25) is 0 Å². The molecule has 1 atom stereocenters. The van der Waals surface area contributed by atoms with Gasteiger partial charge in [0.05, 0.1) is 6.10 Å². The highest BCUT2D eigenvalue weighted by Crippen LogP contribution is 2.22. The van der Waals surface area contributed by atoms with E-state index in [4.69, 9.17) is 4.74 Å². The standard InChI is InChI=1S/C17H28N2O/c1-13-5-6-16(14(2)11-13)17(18-3)12-19-9-7-15(20-4)8-10-19/h5-6,11,15,17-18H,7-10,12H2,1-4H3. The highest BCUT2D eigenvalue weighted by atomic mass is 16.5. The van der Waals surface area contributed by atoms with Crippen molar-refractivity contribution in [2.24, 2.45) is 0 Å². The van der Waals surface area contributed by atoms with Crippen LogP contribution in [0.15, 0.2) is 18.2 Å². The van der Waals surface area contributed by atoms with Crippen LogP contribution in [-0.4, -0.2) is 44.8 Å². The topological polar surface area (TPSA) is 24.5 Å². The van der Waals surface area contributed by atoms with E-state index in [1.165, 1.54) is 16.7 Å². The molecule has 1 unspecified atom stereocenters. The van der Waals surface area contributed by atoms with E-state index >= 15 is 0 Å². The second kappa shape index (κ2) is 7.21. The Morgan fingerprint density at radius 2 is 2.00 bits per heavy atom. The Morgan fingerprint density at radius 3 is 2.55 bits per heavy atom. The molecule has 1 aliphatic heterocycles. The molecule has 0 radical (unpaired) electrons. The highest BCUT2D eigenvalue weighted by molar-refractivity contribution is 5.33. The van der Waals surface area contributed by atoms with E-state index in [-0.39, 0.29) is 0 Å². The molecular formula is C17H28N2O. The third-order valence-corrected chi connectivity index (χ3v) is 4.46. The molecule has 0 aromatic heterocycles. The smallest absolute Gasteiger partial charge is 0.0595 e. The minimum absolute atomic E-state index is 0.412. The molecule has 0 bridgehead atoms. The maximum atomic E-state index is 5.45. The van der Waals surface area contributed by atoms with Crippen LogP contribution in [0.3, 0.4) is 0 Å². The lowest BCUT2D eigenvalue weighted by Gasteiger charge is -2.34. The molecule has 0 spiro atoms. The van der Waals surface area contributed by atoms with Crippen LogP contribution in [0.25, 0.3) is 0 Å². The van der Waals surface area contributed by atoms with E-state index in [2.05, 4.69) is 49.3 Å². The Bertz CT molecular complexity index is 425.